The molecule has 0 aliphatic heterocycles. The first-order chi connectivity index (χ1) is 10.1. The normalized spacial score (nSPS) is 10.5. The van der Waals surface area contributed by atoms with Gasteiger partial charge < -0.3 is 15.7 Å². The van der Waals surface area contributed by atoms with Gasteiger partial charge in [-0.25, -0.2) is 0 Å². The molecule has 0 unspecified atom stereocenters. The van der Waals surface area contributed by atoms with E-state index in [1.165, 1.54) is 4.90 Å². The summed E-state index contributed by atoms with van der Waals surface area (Å²) in [5.74, 6) is -1.26. The largest absolute Gasteiger partial charge is 0.480 e. The van der Waals surface area contributed by atoms with E-state index < -0.39 is 5.97 Å². The fourth-order valence-electron chi connectivity index (χ4n) is 2.33. The van der Waals surface area contributed by atoms with Crippen LogP contribution in [0.25, 0.3) is 10.8 Å². The second-order valence-electron chi connectivity index (χ2n) is 4.81. The molecule has 0 saturated heterocycles. The van der Waals surface area contributed by atoms with E-state index in [9.17, 15) is 9.59 Å². The molecule has 0 saturated carbocycles. The van der Waals surface area contributed by atoms with Gasteiger partial charge in [0, 0.05) is 13.1 Å². The van der Waals surface area contributed by atoms with Crippen molar-refractivity contribution < 1.29 is 14.7 Å². The molecule has 0 aliphatic rings. The van der Waals surface area contributed by atoms with E-state index in [4.69, 9.17) is 10.8 Å². The summed E-state index contributed by atoms with van der Waals surface area (Å²) in [6.45, 7) is 0.172. The Bertz CT molecular complexity index is 650. The summed E-state index contributed by atoms with van der Waals surface area (Å²) in [5.41, 5.74) is 6.33. The second kappa shape index (κ2) is 6.85. The lowest BCUT2D eigenvalue weighted by atomic mass is 10.0. The molecule has 0 aliphatic carbocycles. The molecule has 0 atom stereocenters. The van der Waals surface area contributed by atoms with E-state index in [2.05, 4.69) is 0 Å². The Hall–Kier alpha value is -2.40. The van der Waals surface area contributed by atoms with Gasteiger partial charge in [-0.1, -0.05) is 42.5 Å². The highest BCUT2D eigenvalue weighted by molar-refractivity contribution is 5.91. The summed E-state index contributed by atoms with van der Waals surface area (Å²) in [6, 6.07) is 13.6. The van der Waals surface area contributed by atoms with Crippen LogP contribution in [0.3, 0.4) is 0 Å². The molecule has 3 N–H and O–H groups in total. The maximum atomic E-state index is 12.3. The van der Waals surface area contributed by atoms with E-state index in [-0.39, 0.29) is 32.0 Å². The summed E-state index contributed by atoms with van der Waals surface area (Å²) in [7, 11) is 0. The average molecular weight is 286 g/mol. The molecule has 110 valence electrons. The highest BCUT2D eigenvalue weighted by Gasteiger charge is 2.17. The van der Waals surface area contributed by atoms with Crippen molar-refractivity contribution in [3.8, 4) is 0 Å². The van der Waals surface area contributed by atoms with Crippen LogP contribution in [0.5, 0.6) is 0 Å². The lowest BCUT2D eigenvalue weighted by Crippen LogP contribution is -2.39. The zero-order chi connectivity index (χ0) is 15.2. The van der Waals surface area contributed by atoms with Crippen LogP contribution >= 0.6 is 0 Å². The van der Waals surface area contributed by atoms with E-state index in [0.29, 0.717) is 0 Å². The number of nitrogens with zero attached hydrogens (tertiary/aromatic N) is 1. The number of rotatable bonds is 6. The van der Waals surface area contributed by atoms with Crippen molar-refractivity contribution in [1.29, 1.82) is 0 Å². The smallest absolute Gasteiger partial charge is 0.323 e. The molecule has 0 heterocycles. The van der Waals surface area contributed by atoms with Gasteiger partial charge in [-0.3, -0.25) is 9.59 Å². The molecule has 0 fully saturated rings. The van der Waals surface area contributed by atoms with Gasteiger partial charge in [-0.05, 0) is 16.3 Å². The van der Waals surface area contributed by atoms with Crippen molar-refractivity contribution in [2.45, 2.75) is 6.42 Å². The molecular weight excluding hydrogens is 268 g/mol. The zero-order valence-corrected chi connectivity index (χ0v) is 11.7. The third-order valence-corrected chi connectivity index (χ3v) is 3.30. The monoisotopic (exact) mass is 286 g/mol. The highest BCUT2D eigenvalue weighted by Crippen LogP contribution is 2.19. The van der Waals surface area contributed by atoms with E-state index in [1.54, 1.807) is 0 Å². The van der Waals surface area contributed by atoms with Gasteiger partial charge in [-0.2, -0.15) is 0 Å². The van der Waals surface area contributed by atoms with Crippen molar-refractivity contribution >= 4 is 22.6 Å². The number of carboxylic acids is 1. The minimum Gasteiger partial charge on any atom is -0.480 e. The Morgan fingerprint density at radius 3 is 2.52 bits per heavy atom. The lowest BCUT2D eigenvalue weighted by Gasteiger charge is -2.20. The quantitative estimate of drug-likeness (QED) is 0.837. The summed E-state index contributed by atoms with van der Waals surface area (Å²) in [4.78, 5) is 24.4. The van der Waals surface area contributed by atoms with Gasteiger partial charge in [0.2, 0.25) is 5.91 Å². The molecule has 2 aromatic rings. The minimum atomic E-state index is -1.03. The zero-order valence-electron chi connectivity index (χ0n) is 11.7. The van der Waals surface area contributed by atoms with Crippen LogP contribution in [-0.2, 0) is 16.0 Å². The van der Waals surface area contributed by atoms with Crippen molar-refractivity contribution in [2.75, 3.05) is 19.6 Å². The van der Waals surface area contributed by atoms with Crippen LogP contribution in [0.15, 0.2) is 42.5 Å². The maximum absolute atomic E-state index is 12.3. The fraction of sp³-hybridized carbons (Fsp3) is 0.250. The Labute approximate surface area is 123 Å². The number of hydrogen-bond acceptors (Lipinski definition) is 3. The van der Waals surface area contributed by atoms with Crippen LogP contribution in [0.4, 0.5) is 0 Å². The van der Waals surface area contributed by atoms with Gasteiger partial charge in [0.15, 0.2) is 0 Å². The van der Waals surface area contributed by atoms with Crippen molar-refractivity contribution in [1.82, 2.24) is 4.90 Å². The Balaban J connectivity index is 2.21. The van der Waals surface area contributed by atoms with Crippen LogP contribution in [-0.4, -0.2) is 41.5 Å². The summed E-state index contributed by atoms with van der Waals surface area (Å²) >= 11 is 0. The van der Waals surface area contributed by atoms with Crippen LogP contribution in [0.2, 0.25) is 0 Å². The summed E-state index contributed by atoms with van der Waals surface area (Å²) < 4.78 is 0. The maximum Gasteiger partial charge on any atom is 0.323 e. The van der Waals surface area contributed by atoms with Gasteiger partial charge >= 0.3 is 5.97 Å². The first-order valence-corrected chi connectivity index (χ1v) is 6.78. The number of benzene rings is 2. The van der Waals surface area contributed by atoms with E-state index in [1.807, 2.05) is 42.5 Å². The van der Waals surface area contributed by atoms with Crippen molar-refractivity contribution in [3.05, 3.63) is 48.0 Å². The second-order valence-corrected chi connectivity index (χ2v) is 4.81. The van der Waals surface area contributed by atoms with Crippen molar-refractivity contribution in [2.24, 2.45) is 5.73 Å². The first-order valence-electron chi connectivity index (χ1n) is 6.78. The molecule has 0 radical (unpaired) electrons. The number of aliphatic carboxylic acids is 1. The number of carbonyl (C=O) groups excluding carboxylic acids is 1. The number of hydrogen-bond donors (Lipinski definition) is 2. The molecule has 5 heteroatoms. The van der Waals surface area contributed by atoms with E-state index in [0.717, 1.165) is 16.3 Å². The van der Waals surface area contributed by atoms with E-state index >= 15 is 0 Å². The molecule has 0 aromatic heterocycles. The third-order valence-electron chi connectivity index (χ3n) is 3.30. The molecule has 2 aromatic carbocycles. The number of amides is 1. The van der Waals surface area contributed by atoms with Gasteiger partial charge in [-0.15, -0.1) is 0 Å². The predicted molar refractivity (Wildman–Crippen MR) is 80.9 cm³/mol. The predicted octanol–water partition coefficient (Wildman–Crippen LogP) is 1.25. The first kappa shape index (κ1) is 15.0. The summed E-state index contributed by atoms with van der Waals surface area (Å²) in [6.07, 6.45) is 0.175. The third kappa shape index (κ3) is 3.79. The Kier molecular flexibility index (Phi) is 4.90. The summed E-state index contributed by atoms with van der Waals surface area (Å²) in [5, 5.41) is 10.9. The van der Waals surface area contributed by atoms with Crippen LogP contribution < -0.4 is 5.73 Å². The van der Waals surface area contributed by atoms with Crippen LogP contribution in [0, 0.1) is 0 Å². The minimum absolute atomic E-state index is 0.175. The standard InChI is InChI=1S/C16H18N2O3/c17-8-9-18(11-16(20)21)15(19)10-13-6-3-5-12-4-1-2-7-14(12)13/h1-7H,8-11,17H2,(H,20,21). The SMILES string of the molecule is NCCN(CC(=O)O)C(=O)Cc1cccc2ccccc12. The molecule has 5 nitrogen and oxygen atoms in total. The lowest BCUT2D eigenvalue weighted by molar-refractivity contribution is -0.144. The Morgan fingerprint density at radius 1 is 1.10 bits per heavy atom. The Morgan fingerprint density at radius 2 is 1.81 bits per heavy atom. The molecule has 2 rings (SSSR count). The number of carboxylic acid groups (broad SMARTS) is 1. The molecular formula is C16H18N2O3. The fourth-order valence-corrected chi connectivity index (χ4v) is 2.33. The number of nitrogens with two attached hydrogens (primary N) is 1. The molecule has 21 heavy (non-hydrogen) atoms. The molecule has 0 bridgehead atoms. The van der Waals surface area contributed by atoms with Crippen LogP contribution in [0.1, 0.15) is 5.56 Å². The number of fused-ring (bicyclic) bond motifs is 1. The topological polar surface area (TPSA) is 83.6 Å². The highest BCUT2D eigenvalue weighted by atomic mass is 16.4. The average Bonchev–Trinajstić information content (AvgIpc) is 2.47. The van der Waals surface area contributed by atoms with Gasteiger partial charge in [0.05, 0.1) is 6.42 Å². The molecule has 0 spiro atoms. The number of carbonyl (C=O) groups is 2. The van der Waals surface area contributed by atoms with Gasteiger partial charge in [0.25, 0.3) is 0 Å². The molecule has 1 amide bonds. The van der Waals surface area contributed by atoms with Gasteiger partial charge in [0.1, 0.15) is 6.54 Å². The van der Waals surface area contributed by atoms with Crippen molar-refractivity contribution in [3.63, 3.8) is 0 Å².